The molecule has 0 amide bonds. The summed E-state index contributed by atoms with van der Waals surface area (Å²) in [7, 11) is 0. The fraction of sp³-hybridized carbons (Fsp3) is 0.800. The lowest BCUT2D eigenvalue weighted by Crippen LogP contribution is -2.45. The first-order chi connectivity index (χ1) is 9.04. The highest BCUT2D eigenvalue weighted by Crippen LogP contribution is 2.31. The highest BCUT2D eigenvalue weighted by atomic mass is 15.2. The van der Waals surface area contributed by atoms with Gasteiger partial charge in [0.2, 0.25) is 0 Å². The van der Waals surface area contributed by atoms with E-state index in [0.717, 1.165) is 12.5 Å². The lowest BCUT2D eigenvalue weighted by molar-refractivity contribution is 0.0806. The van der Waals surface area contributed by atoms with E-state index in [1.165, 1.54) is 18.5 Å². The largest absolute Gasteiger partial charge is 0.331 e. The van der Waals surface area contributed by atoms with Crippen LogP contribution in [-0.4, -0.2) is 33.6 Å². The summed E-state index contributed by atoms with van der Waals surface area (Å²) in [6.07, 6.45) is 6.46. The van der Waals surface area contributed by atoms with E-state index in [-0.39, 0.29) is 0 Å². The van der Waals surface area contributed by atoms with Crippen LogP contribution in [0.25, 0.3) is 0 Å². The van der Waals surface area contributed by atoms with Crippen LogP contribution in [0.1, 0.15) is 58.3 Å². The number of piperidine rings is 1. The van der Waals surface area contributed by atoms with Gasteiger partial charge in [-0.1, -0.05) is 6.92 Å². The Morgan fingerprint density at radius 1 is 1.42 bits per heavy atom. The minimum atomic E-state index is 0.299. The molecule has 3 unspecified atom stereocenters. The van der Waals surface area contributed by atoms with E-state index in [4.69, 9.17) is 5.73 Å². The fourth-order valence-electron chi connectivity index (χ4n) is 3.32. The molecule has 19 heavy (non-hydrogen) atoms. The van der Waals surface area contributed by atoms with E-state index in [0.29, 0.717) is 24.7 Å². The molecule has 2 rings (SSSR count). The normalized spacial score (nSPS) is 26.8. The predicted molar refractivity (Wildman–Crippen MR) is 79.0 cm³/mol. The van der Waals surface area contributed by atoms with Gasteiger partial charge in [-0.05, 0) is 46.1 Å². The zero-order valence-corrected chi connectivity index (χ0v) is 12.7. The van der Waals surface area contributed by atoms with Crippen LogP contribution in [0.15, 0.2) is 12.5 Å². The van der Waals surface area contributed by atoms with Crippen LogP contribution >= 0.6 is 0 Å². The molecule has 1 aromatic rings. The molecule has 2 heterocycles. The smallest absolute Gasteiger partial charge is 0.0951 e. The Bertz CT molecular complexity index is 399. The van der Waals surface area contributed by atoms with Gasteiger partial charge in [-0.3, -0.25) is 4.90 Å². The first-order valence-electron chi connectivity index (χ1n) is 7.52. The average molecular weight is 264 g/mol. The second-order valence-electron chi connectivity index (χ2n) is 6.29. The first kappa shape index (κ1) is 14.5. The molecule has 108 valence electrons. The van der Waals surface area contributed by atoms with Crippen molar-refractivity contribution in [1.82, 2.24) is 14.5 Å². The third kappa shape index (κ3) is 3.00. The van der Waals surface area contributed by atoms with Gasteiger partial charge in [0.25, 0.3) is 0 Å². The van der Waals surface area contributed by atoms with E-state index in [1.807, 2.05) is 12.5 Å². The van der Waals surface area contributed by atoms with Gasteiger partial charge in [0.05, 0.1) is 18.1 Å². The van der Waals surface area contributed by atoms with E-state index in [1.54, 1.807) is 0 Å². The molecule has 1 aromatic heterocycles. The SMILES string of the molecule is CC1CCN(C(CN)c2cncn2C(C)C)C(C)C1. The highest BCUT2D eigenvalue weighted by molar-refractivity contribution is 5.09. The van der Waals surface area contributed by atoms with Crippen molar-refractivity contribution in [2.45, 2.75) is 58.7 Å². The summed E-state index contributed by atoms with van der Waals surface area (Å²) in [6.45, 7) is 10.9. The molecule has 1 aliphatic heterocycles. The van der Waals surface area contributed by atoms with E-state index < -0.39 is 0 Å². The van der Waals surface area contributed by atoms with Crippen LogP contribution in [0.3, 0.4) is 0 Å². The molecule has 4 heteroatoms. The van der Waals surface area contributed by atoms with Crippen molar-refractivity contribution in [3.63, 3.8) is 0 Å². The molecular weight excluding hydrogens is 236 g/mol. The van der Waals surface area contributed by atoms with Crippen LogP contribution in [-0.2, 0) is 0 Å². The molecule has 0 aromatic carbocycles. The molecule has 0 bridgehead atoms. The third-order valence-electron chi connectivity index (χ3n) is 4.41. The number of hydrogen-bond acceptors (Lipinski definition) is 3. The Hall–Kier alpha value is -0.870. The fourth-order valence-corrected chi connectivity index (χ4v) is 3.32. The van der Waals surface area contributed by atoms with Crippen LogP contribution in [0.5, 0.6) is 0 Å². The Balaban J connectivity index is 2.22. The van der Waals surface area contributed by atoms with Gasteiger partial charge >= 0.3 is 0 Å². The van der Waals surface area contributed by atoms with Crippen molar-refractivity contribution in [1.29, 1.82) is 0 Å². The summed E-state index contributed by atoms with van der Waals surface area (Å²) in [6, 6.07) is 1.34. The Morgan fingerprint density at radius 2 is 2.16 bits per heavy atom. The van der Waals surface area contributed by atoms with Gasteiger partial charge in [-0.25, -0.2) is 4.98 Å². The highest BCUT2D eigenvalue weighted by Gasteiger charge is 2.30. The molecule has 1 aliphatic rings. The van der Waals surface area contributed by atoms with Crippen LogP contribution in [0.4, 0.5) is 0 Å². The number of rotatable bonds is 4. The number of imidazole rings is 1. The molecule has 4 nitrogen and oxygen atoms in total. The second kappa shape index (κ2) is 6.06. The van der Waals surface area contributed by atoms with Crippen molar-refractivity contribution in [2.75, 3.05) is 13.1 Å². The lowest BCUT2D eigenvalue weighted by Gasteiger charge is -2.41. The lowest BCUT2D eigenvalue weighted by atomic mass is 9.91. The zero-order chi connectivity index (χ0) is 14.0. The summed E-state index contributed by atoms with van der Waals surface area (Å²) in [5.41, 5.74) is 7.34. The van der Waals surface area contributed by atoms with Crippen LogP contribution in [0.2, 0.25) is 0 Å². The first-order valence-corrected chi connectivity index (χ1v) is 7.52. The van der Waals surface area contributed by atoms with Crippen LogP contribution < -0.4 is 5.73 Å². The Labute approximate surface area is 117 Å². The van der Waals surface area contributed by atoms with Crippen LogP contribution in [0, 0.1) is 5.92 Å². The minimum Gasteiger partial charge on any atom is -0.331 e. The summed E-state index contributed by atoms with van der Waals surface area (Å²) < 4.78 is 2.25. The summed E-state index contributed by atoms with van der Waals surface area (Å²) >= 11 is 0. The van der Waals surface area contributed by atoms with Crippen molar-refractivity contribution in [2.24, 2.45) is 11.7 Å². The number of nitrogens with zero attached hydrogens (tertiary/aromatic N) is 3. The van der Waals surface area contributed by atoms with Crippen molar-refractivity contribution >= 4 is 0 Å². The summed E-state index contributed by atoms with van der Waals surface area (Å²) in [5, 5.41) is 0. The molecule has 0 radical (unpaired) electrons. The van der Waals surface area contributed by atoms with E-state index in [2.05, 4.69) is 42.1 Å². The summed E-state index contributed by atoms with van der Waals surface area (Å²) in [5.74, 6) is 0.833. The molecule has 0 spiro atoms. The topological polar surface area (TPSA) is 47.1 Å². The third-order valence-corrected chi connectivity index (χ3v) is 4.41. The predicted octanol–water partition coefficient (Wildman–Crippen LogP) is 2.58. The van der Waals surface area contributed by atoms with Crippen molar-refractivity contribution < 1.29 is 0 Å². The Kier molecular flexibility index (Phi) is 4.63. The van der Waals surface area contributed by atoms with Gasteiger partial charge < -0.3 is 10.3 Å². The molecule has 1 saturated heterocycles. The maximum atomic E-state index is 6.08. The maximum Gasteiger partial charge on any atom is 0.0951 e. The quantitative estimate of drug-likeness (QED) is 0.909. The number of nitrogens with two attached hydrogens (primary N) is 1. The maximum absolute atomic E-state index is 6.08. The van der Waals surface area contributed by atoms with Gasteiger partial charge in [0.15, 0.2) is 0 Å². The molecule has 3 atom stereocenters. The molecule has 0 aliphatic carbocycles. The number of hydrogen-bond donors (Lipinski definition) is 1. The molecular formula is C15H28N4. The van der Waals surface area contributed by atoms with E-state index in [9.17, 15) is 0 Å². The summed E-state index contributed by atoms with van der Waals surface area (Å²) in [4.78, 5) is 6.89. The second-order valence-corrected chi connectivity index (χ2v) is 6.29. The zero-order valence-electron chi connectivity index (χ0n) is 12.7. The van der Waals surface area contributed by atoms with Gasteiger partial charge in [-0.2, -0.15) is 0 Å². The monoisotopic (exact) mass is 264 g/mol. The van der Waals surface area contributed by atoms with Gasteiger partial charge in [-0.15, -0.1) is 0 Å². The van der Waals surface area contributed by atoms with Gasteiger partial charge in [0, 0.05) is 24.8 Å². The average Bonchev–Trinajstić information content (AvgIpc) is 2.82. The van der Waals surface area contributed by atoms with Gasteiger partial charge in [0.1, 0.15) is 0 Å². The number of likely N-dealkylation sites (tertiary alicyclic amines) is 1. The molecule has 1 fully saturated rings. The van der Waals surface area contributed by atoms with Crippen molar-refractivity contribution in [3.05, 3.63) is 18.2 Å². The standard InChI is InChI=1S/C15H28N4/c1-11(2)19-10-17-9-15(19)14(8-16)18-6-5-12(3)7-13(18)4/h9-14H,5-8,16H2,1-4H3. The molecule has 0 saturated carbocycles. The minimum absolute atomic E-state index is 0.299. The van der Waals surface area contributed by atoms with Crippen molar-refractivity contribution in [3.8, 4) is 0 Å². The Morgan fingerprint density at radius 3 is 2.74 bits per heavy atom. The van der Waals surface area contributed by atoms with E-state index >= 15 is 0 Å². The number of aromatic nitrogens is 2. The molecule has 2 N–H and O–H groups in total.